The Morgan fingerprint density at radius 3 is 2.26 bits per heavy atom. The number of hydrogen-bond donors (Lipinski definition) is 2. The minimum absolute atomic E-state index is 0.0699. The average Bonchev–Trinajstić information content (AvgIpc) is 2.45. The van der Waals surface area contributed by atoms with Crippen molar-refractivity contribution in [1.29, 1.82) is 0 Å². The number of nitrogens with one attached hydrogen (secondary N) is 2. The third-order valence-corrected chi connectivity index (χ3v) is 5.17. The van der Waals surface area contributed by atoms with E-state index in [-0.39, 0.29) is 5.69 Å². The molecule has 0 aliphatic carbocycles. The van der Waals surface area contributed by atoms with Crippen molar-refractivity contribution >= 4 is 15.7 Å². The molecule has 0 saturated heterocycles. The lowest BCUT2D eigenvalue weighted by molar-refractivity contribution is -0.136. The van der Waals surface area contributed by atoms with E-state index >= 15 is 0 Å². The Morgan fingerprint density at radius 1 is 1.04 bits per heavy atom. The zero-order valence-electron chi connectivity index (χ0n) is 13.3. The Hall–Kier alpha value is -1.28. The molecule has 1 rings (SSSR count). The van der Waals surface area contributed by atoms with Gasteiger partial charge >= 0.3 is 6.18 Å². The first kappa shape index (κ1) is 19.8. The topological polar surface area (TPSA) is 58.2 Å². The van der Waals surface area contributed by atoms with Crippen molar-refractivity contribution < 1.29 is 21.6 Å². The fourth-order valence-corrected chi connectivity index (χ4v) is 2.68. The zero-order valence-corrected chi connectivity index (χ0v) is 14.1. The summed E-state index contributed by atoms with van der Waals surface area (Å²) in [5, 5.41) is 2.32. The van der Waals surface area contributed by atoms with Crippen molar-refractivity contribution in [2.75, 3.05) is 18.4 Å². The Kier molecular flexibility index (Phi) is 7.34. The first-order valence-corrected chi connectivity index (χ1v) is 9.08. The molecule has 0 radical (unpaired) electrons. The summed E-state index contributed by atoms with van der Waals surface area (Å²) in [5.41, 5.74) is -0.606. The predicted molar refractivity (Wildman–Crippen MR) is 85.8 cm³/mol. The third-order valence-electron chi connectivity index (χ3n) is 3.33. The van der Waals surface area contributed by atoms with E-state index < -0.39 is 27.0 Å². The van der Waals surface area contributed by atoms with Crippen molar-refractivity contribution in [3.8, 4) is 0 Å². The summed E-state index contributed by atoms with van der Waals surface area (Å²) >= 11 is 0. The lowest BCUT2D eigenvalue weighted by Crippen LogP contribution is -2.31. The number of rotatable bonds is 9. The quantitative estimate of drug-likeness (QED) is 0.668. The molecule has 0 aliphatic rings. The van der Waals surface area contributed by atoms with Crippen LogP contribution in [0.3, 0.4) is 0 Å². The standard InChI is InChI=1S/C15H23F3N2O2S/c1-12(2)23(21,22)20-11-7-3-6-10-19-14-9-5-4-8-13(14)15(16,17)18/h4-5,8-9,12,19-20H,3,6-7,10-11H2,1-2H3. The molecule has 23 heavy (non-hydrogen) atoms. The minimum atomic E-state index is -4.38. The van der Waals surface area contributed by atoms with Crippen LogP contribution < -0.4 is 10.0 Å². The largest absolute Gasteiger partial charge is 0.418 e. The number of anilines is 1. The molecule has 0 bridgehead atoms. The molecule has 0 fully saturated rings. The molecule has 1 aromatic rings. The summed E-state index contributed by atoms with van der Waals surface area (Å²) in [4.78, 5) is 0. The first-order chi connectivity index (χ1) is 10.6. The maximum atomic E-state index is 12.8. The molecule has 0 heterocycles. The molecule has 0 aliphatic heterocycles. The van der Waals surface area contributed by atoms with E-state index in [2.05, 4.69) is 10.0 Å². The second-order valence-electron chi connectivity index (χ2n) is 5.52. The van der Waals surface area contributed by atoms with Crippen LogP contribution in [-0.2, 0) is 16.2 Å². The lowest BCUT2D eigenvalue weighted by Gasteiger charge is -2.14. The van der Waals surface area contributed by atoms with Gasteiger partial charge in [-0.2, -0.15) is 13.2 Å². The molecule has 8 heteroatoms. The van der Waals surface area contributed by atoms with E-state index in [9.17, 15) is 21.6 Å². The number of alkyl halides is 3. The Labute approximate surface area is 135 Å². The number of sulfonamides is 1. The fourth-order valence-electron chi connectivity index (χ4n) is 1.92. The maximum absolute atomic E-state index is 12.8. The number of unbranched alkanes of at least 4 members (excludes halogenated alkanes) is 2. The van der Waals surface area contributed by atoms with Crippen LogP contribution in [0.1, 0.15) is 38.7 Å². The normalized spacial score (nSPS) is 12.6. The van der Waals surface area contributed by atoms with Gasteiger partial charge in [0.1, 0.15) is 0 Å². The molecule has 0 saturated carbocycles. The van der Waals surface area contributed by atoms with Gasteiger partial charge in [0.15, 0.2) is 0 Å². The Morgan fingerprint density at radius 2 is 1.65 bits per heavy atom. The van der Waals surface area contributed by atoms with E-state index in [1.54, 1.807) is 19.9 Å². The number of para-hydroxylation sites is 1. The minimum Gasteiger partial charge on any atom is -0.385 e. The lowest BCUT2D eigenvalue weighted by atomic mass is 10.1. The van der Waals surface area contributed by atoms with Crippen molar-refractivity contribution in [2.45, 2.75) is 44.5 Å². The summed E-state index contributed by atoms with van der Waals surface area (Å²) in [7, 11) is -3.25. The fraction of sp³-hybridized carbons (Fsp3) is 0.600. The van der Waals surface area contributed by atoms with Crippen LogP contribution in [0.15, 0.2) is 24.3 Å². The molecule has 2 N–H and O–H groups in total. The van der Waals surface area contributed by atoms with E-state index in [1.165, 1.54) is 12.1 Å². The highest BCUT2D eigenvalue weighted by atomic mass is 32.2. The van der Waals surface area contributed by atoms with Crippen LogP contribution in [0.5, 0.6) is 0 Å². The van der Waals surface area contributed by atoms with Gasteiger partial charge in [0.2, 0.25) is 10.0 Å². The summed E-state index contributed by atoms with van der Waals surface area (Å²) < 4.78 is 63.9. The van der Waals surface area contributed by atoms with Gasteiger partial charge in [-0.15, -0.1) is 0 Å². The summed E-state index contributed by atoms with van der Waals surface area (Å²) in [5.74, 6) is 0. The summed E-state index contributed by atoms with van der Waals surface area (Å²) in [6.45, 7) is 3.96. The highest BCUT2D eigenvalue weighted by molar-refractivity contribution is 7.90. The number of halogens is 3. The smallest absolute Gasteiger partial charge is 0.385 e. The second kappa shape index (κ2) is 8.54. The van der Waals surface area contributed by atoms with Crippen molar-refractivity contribution in [1.82, 2.24) is 4.72 Å². The number of hydrogen-bond acceptors (Lipinski definition) is 3. The average molecular weight is 352 g/mol. The molecule has 0 unspecified atom stereocenters. The van der Waals surface area contributed by atoms with Gasteiger partial charge in [-0.25, -0.2) is 13.1 Å². The van der Waals surface area contributed by atoms with Crippen molar-refractivity contribution in [3.05, 3.63) is 29.8 Å². The zero-order chi connectivity index (χ0) is 17.5. The van der Waals surface area contributed by atoms with Crippen molar-refractivity contribution in [3.63, 3.8) is 0 Å². The molecule has 0 amide bonds. The predicted octanol–water partition coefficient (Wildman–Crippen LogP) is 3.62. The molecule has 1 aromatic carbocycles. The van der Waals surface area contributed by atoms with Crippen LogP contribution in [0.4, 0.5) is 18.9 Å². The molecule has 0 spiro atoms. The Bertz CT molecular complexity index is 587. The SMILES string of the molecule is CC(C)S(=O)(=O)NCCCCCNc1ccccc1C(F)(F)F. The second-order valence-corrected chi connectivity index (χ2v) is 7.84. The number of benzene rings is 1. The van der Waals surface area contributed by atoms with Gasteiger partial charge in [0.05, 0.1) is 10.8 Å². The van der Waals surface area contributed by atoms with Gasteiger partial charge in [-0.1, -0.05) is 18.6 Å². The molecule has 0 atom stereocenters. The Balaban J connectivity index is 2.29. The monoisotopic (exact) mass is 352 g/mol. The van der Waals surface area contributed by atoms with Gasteiger partial charge < -0.3 is 5.32 Å². The highest BCUT2D eigenvalue weighted by Crippen LogP contribution is 2.34. The molecular weight excluding hydrogens is 329 g/mol. The molecule has 132 valence electrons. The van der Waals surface area contributed by atoms with E-state index in [4.69, 9.17) is 0 Å². The van der Waals surface area contributed by atoms with Gasteiger partial charge in [-0.3, -0.25) is 0 Å². The van der Waals surface area contributed by atoms with Crippen LogP contribution in [0, 0.1) is 0 Å². The first-order valence-electron chi connectivity index (χ1n) is 7.53. The molecular formula is C15H23F3N2O2S. The van der Waals surface area contributed by atoms with Gasteiger partial charge in [0, 0.05) is 18.8 Å². The summed E-state index contributed by atoms with van der Waals surface area (Å²) in [6, 6.07) is 5.36. The van der Waals surface area contributed by atoms with Crippen LogP contribution in [-0.4, -0.2) is 26.8 Å². The van der Waals surface area contributed by atoms with Gasteiger partial charge in [-0.05, 0) is 38.8 Å². The maximum Gasteiger partial charge on any atom is 0.418 e. The van der Waals surface area contributed by atoms with Crippen molar-refractivity contribution in [2.24, 2.45) is 0 Å². The summed E-state index contributed by atoms with van der Waals surface area (Å²) in [6.07, 6.45) is -2.34. The third kappa shape index (κ3) is 6.78. The van der Waals surface area contributed by atoms with Crippen LogP contribution in [0.25, 0.3) is 0 Å². The van der Waals surface area contributed by atoms with E-state index in [1.807, 2.05) is 0 Å². The van der Waals surface area contributed by atoms with Gasteiger partial charge in [0.25, 0.3) is 0 Å². The molecule has 0 aromatic heterocycles. The van der Waals surface area contributed by atoms with Crippen LogP contribution >= 0.6 is 0 Å². The molecule has 4 nitrogen and oxygen atoms in total. The highest BCUT2D eigenvalue weighted by Gasteiger charge is 2.32. The van der Waals surface area contributed by atoms with E-state index in [0.29, 0.717) is 25.9 Å². The van der Waals surface area contributed by atoms with E-state index in [0.717, 1.165) is 12.5 Å². The van der Waals surface area contributed by atoms with Crippen LogP contribution in [0.2, 0.25) is 0 Å².